The lowest BCUT2D eigenvalue weighted by Gasteiger charge is -2.12. The monoisotopic (exact) mass is 280 g/mol. The van der Waals surface area contributed by atoms with E-state index in [9.17, 15) is 9.59 Å². The van der Waals surface area contributed by atoms with Crippen molar-refractivity contribution in [3.8, 4) is 5.75 Å². The Hall–Kier alpha value is -2.42. The van der Waals surface area contributed by atoms with E-state index >= 15 is 0 Å². The Balaban J connectivity index is 1.69. The Bertz CT molecular complexity index is 644. The Morgan fingerprint density at radius 2 is 1.62 bits per heavy atom. The number of carbonyl (C=O) groups is 2. The predicted molar refractivity (Wildman–Crippen MR) is 79.6 cm³/mol. The molecule has 0 saturated heterocycles. The first kappa shape index (κ1) is 13.6. The molecule has 1 fully saturated rings. The lowest BCUT2D eigenvalue weighted by atomic mass is 10.0. The number of ketones is 2. The van der Waals surface area contributed by atoms with Crippen molar-refractivity contribution in [1.29, 1.82) is 0 Å². The average molecular weight is 280 g/mol. The van der Waals surface area contributed by atoms with Crippen LogP contribution in [-0.4, -0.2) is 17.7 Å². The van der Waals surface area contributed by atoms with Crippen molar-refractivity contribution in [3.63, 3.8) is 0 Å². The van der Waals surface area contributed by atoms with E-state index in [0.29, 0.717) is 29.7 Å². The zero-order chi connectivity index (χ0) is 14.7. The number of carbonyl (C=O) groups excluding carboxylic acids is 2. The van der Waals surface area contributed by atoms with Gasteiger partial charge in [0.15, 0.2) is 5.78 Å². The van der Waals surface area contributed by atoms with Crippen molar-refractivity contribution in [1.82, 2.24) is 0 Å². The normalized spacial score (nSPS) is 17.7. The van der Waals surface area contributed by atoms with Gasteiger partial charge in [0, 0.05) is 24.0 Å². The van der Waals surface area contributed by atoms with Crippen LogP contribution in [0.3, 0.4) is 0 Å². The molecular formula is C18H16O3. The standard InChI is InChI=1S/C18H16O3/c19-15-8-11-17(12-15)21-16-9-6-14(7-10-16)18(20)13-4-2-1-3-5-13/h1-7,9-10,17H,8,11-12H2. The molecule has 0 bridgehead atoms. The Morgan fingerprint density at radius 1 is 0.952 bits per heavy atom. The van der Waals surface area contributed by atoms with Crippen molar-refractivity contribution >= 4 is 11.6 Å². The summed E-state index contributed by atoms with van der Waals surface area (Å²) in [6.45, 7) is 0. The molecule has 0 aliphatic heterocycles. The van der Waals surface area contributed by atoms with E-state index in [0.717, 1.165) is 6.42 Å². The lowest BCUT2D eigenvalue weighted by molar-refractivity contribution is -0.117. The fraction of sp³-hybridized carbons (Fsp3) is 0.222. The fourth-order valence-corrected chi connectivity index (χ4v) is 2.51. The quantitative estimate of drug-likeness (QED) is 0.806. The van der Waals surface area contributed by atoms with Gasteiger partial charge in [0.2, 0.25) is 0 Å². The zero-order valence-electron chi connectivity index (χ0n) is 11.6. The molecule has 0 radical (unpaired) electrons. The first-order valence-corrected chi connectivity index (χ1v) is 7.10. The number of Topliss-reactive ketones (excluding diaryl/α,β-unsaturated/α-hetero) is 1. The van der Waals surface area contributed by atoms with E-state index < -0.39 is 0 Å². The Morgan fingerprint density at radius 3 is 2.24 bits per heavy atom. The molecular weight excluding hydrogens is 264 g/mol. The van der Waals surface area contributed by atoms with Gasteiger partial charge in [0.05, 0.1) is 0 Å². The highest BCUT2D eigenvalue weighted by atomic mass is 16.5. The molecule has 21 heavy (non-hydrogen) atoms. The van der Waals surface area contributed by atoms with E-state index in [1.165, 1.54) is 0 Å². The molecule has 1 unspecified atom stereocenters. The molecule has 3 rings (SSSR count). The van der Waals surface area contributed by atoms with E-state index in [1.54, 1.807) is 36.4 Å². The van der Waals surface area contributed by atoms with Gasteiger partial charge in [-0.05, 0) is 30.7 Å². The van der Waals surface area contributed by atoms with Gasteiger partial charge in [-0.1, -0.05) is 30.3 Å². The summed E-state index contributed by atoms with van der Waals surface area (Å²) in [6.07, 6.45) is 1.86. The van der Waals surface area contributed by atoms with Gasteiger partial charge in [-0.25, -0.2) is 0 Å². The molecule has 1 aliphatic rings. The van der Waals surface area contributed by atoms with Crippen molar-refractivity contribution in [2.45, 2.75) is 25.4 Å². The van der Waals surface area contributed by atoms with Crippen molar-refractivity contribution in [3.05, 3.63) is 65.7 Å². The summed E-state index contributed by atoms with van der Waals surface area (Å²) >= 11 is 0. The largest absolute Gasteiger partial charge is 0.490 e. The summed E-state index contributed by atoms with van der Waals surface area (Å²) in [7, 11) is 0. The van der Waals surface area contributed by atoms with Gasteiger partial charge in [-0.2, -0.15) is 0 Å². The summed E-state index contributed by atoms with van der Waals surface area (Å²) in [4.78, 5) is 23.5. The van der Waals surface area contributed by atoms with Crippen LogP contribution in [0.1, 0.15) is 35.2 Å². The molecule has 1 atom stereocenters. The second-order valence-electron chi connectivity index (χ2n) is 5.24. The molecule has 1 aliphatic carbocycles. The number of hydrogen-bond acceptors (Lipinski definition) is 3. The van der Waals surface area contributed by atoms with Crippen LogP contribution in [0.5, 0.6) is 5.75 Å². The minimum absolute atomic E-state index is 0.00167. The van der Waals surface area contributed by atoms with E-state index in [2.05, 4.69) is 0 Å². The van der Waals surface area contributed by atoms with Gasteiger partial charge in [-0.3, -0.25) is 9.59 Å². The van der Waals surface area contributed by atoms with E-state index in [1.807, 2.05) is 18.2 Å². The van der Waals surface area contributed by atoms with Gasteiger partial charge < -0.3 is 4.74 Å². The maximum atomic E-state index is 12.3. The molecule has 1 saturated carbocycles. The second kappa shape index (κ2) is 5.92. The highest BCUT2D eigenvalue weighted by Crippen LogP contribution is 2.23. The summed E-state index contributed by atoms with van der Waals surface area (Å²) in [5, 5.41) is 0. The van der Waals surface area contributed by atoms with Crippen molar-refractivity contribution in [2.75, 3.05) is 0 Å². The summed E-state index contributed by atoms with van der Waals surface area (Å²) < 4.78 is 5.75. The molecule has 2 aromatic carbocycles. The molecule has 0 spiro atoms. The third-order valence-electron chi connectivity index (χ3n) is 3.66. The molecule has 0 N–H and O–H groups in total. The Kier molecular flexibility index (Phi) is 3.82. The maximum Gasteiger partial charge on any atom is 0.193 e. The molecule has 0 aromatic heterocycles. The van der Waals surface area contributed by atoms with E-state index in [4.69, 9.17) is 4.74 Å². The number of ether oxygens (including phenoxy) is 1. The van der Waals surface area contributed by atoms with Crippen molar-refractivity contribution in [2.24, 2.45) is 0 Å². The van der Waals surface area contributed by atoms with Crippen LogP contribution < -0.4 is 4.74 Å². The molecule has 106 valence electrons. The van der Waals surface area contributed by atoms with Gasteiger partial charge >= 0.3 is 0 Å². The minimum atomic E-state index is -0.0202. The van der Waals surface area contributed by atoms with Crippen LogP contribution in [0, 0.1) is 0 Å². The van der Waals surface area contributed by atoms with Crippen LogP contribution >= 0.6 is 0 Å². The molecule has 3 heteroatoms. The fourth-order valence-electron chi connectivity index (χ4n) is 2.51. The first-order valence-electron chi connectivity index (χ1n) is 7.10. The smallest absolute Gasteiger partial charge is 0.193 e. The second-order valence-corrected chi connectivity index (χ2v) is 5.24. The van der Waals surface area contributed by atoms with E-state index in [-0.39, 0.29) is 17.7 Å². The molecule has 3 nitrogen and oxygen atoms in total. The van der Waals surface area contributed by atoms with Crippen LogP contribution in [0.15, 0.2) is 54.6 Å². The van der Waals surface area contributed by atoms with Crippen molar-refractivity contribution < 1.29 is 14.3 Å². The van der Waals surface area contributed by atoms with Crippen LogP contribution in [0.4, 0.5) is 0 Å². The summed E-state index contributed by atoms with van der Waals surface area (Å²) in [5.74, 6) is 0.966. The van der Waals surface area contributed by atoms with Gasteiger partial charge in [0.1, 0.15) is 17.6 Å². The predicted octanol–water partition coefficient (Wildman–Crippen LogP) is 3.42. The highest BCUT2D eigenvalue weighted by Gasteiger charge is 2.23. The lowest BCUT2D eigenvalue weighted by Crippen LogP contribution is -2.12. The van der Waals surface area contributed by atoms with Gasteiger partial charge in [0.25, 0.3) is 0 Å². The number of benzene rings is 2. The Labute approximate surface area is 123 Å². The summed E-state index contributed by atoms with van der Waals surface area (Å²) in [6, 6.07) is 16.3. The van der Waals surface area contributed by atoms with Crippen LogP contribution in [-0.2, 0) is 4.79 Å². The third-order valence-corrected chi connectivity index (χ3v) is 3.66. The minimum Gasteiger partial charge on any atom is -0.490 e. The molecule has 2 aromatic rings. The number of rotatable bonds is 4. The first-order chi connectivity index (χ1) is 10.2. The SMILES string of the molecule is O=C1CCC(Oc2ccc(C(=O)c3ccccc3)cc2)C1. The third kappa shape index (κ3) is 3.19. The number of hydrogen-bond donors (Lipinski definition) is 0. The highest BCUT2D eigenvalue weighted by molar-refractivity contribution is 6.08. The van der Waals surface area contributed by atoms with Crippen LogP contribution in [0.2, 0.25) is 0 Å². The van der Waals surface area contributed by atoms with Crippen LogP contribution in [0.25, 0.3) is 0 Å². The molecule has 0 heterocycles. The summed E-state index contributed by atoms with van der Waals surface area (Å²) in [5.41, 5.74) is 1.31. The maximum absolute atomic E-state index is 12.3. The zero-order valence-corrected chi connectivity index (χ0v) is 11.6. The molecule has 0 amide bonds. The topological polar surface area (TPSA) is 43.4 Å². The van der Waals surface area contributed by atoms with Gasteiger partial charge in [-0.15, -0.1) is 0 Å². The average Bonchev–Trinajstić information content (AvgIpc) is 2.93.